The Kier molecular flexibility index (Phi) is 5.51. The van der Waals surface area contributed by atoms with Crippen LogP contribution in [-0.4, -0.2) is 27.2 Å². The molecule has 24 heavy (non-hydrogen) atoms. The highest BCUT2D eigenvalue weighted by atomic mass is 35.5. The number of benzene rings is 2. The number of carbonyl (C=O) groups excluding carboxylic acids is 1. The Hall–Kier alpha value is -2.05. The molecule has 5 nitrogen and oxygen atoms in total. The zero-order valence-electron chi connectivity index (χ0n) is 13.6. The Balaban J connectivity index is 2.05. The molecule has 7 heteroatoms. The number of ether oxygens (including phenoxy) is 1. The van der Waals surface area contributed by atoms with E-state index in [1.807, 2.05) is 13.8 Å². The van der Waals surface area contributed by atoms with Gasteiger partial charge >= 0.3 is 0 Å². The molecule has 0 atom stereocenters. The van der Waals surface area contributed by atoms with Crippen molar-refractivity contribution in [2.75, 3.05) is 18.2 Å². The molecule has 1 amide bonds. The van der Waals surface area contributed by atoms with E-state index in [0.717, 1.165) is 17.4 Å². The van der Waals surface area contributed by atoms with E-state index >= 15 is 0 Å². The molecule has 2 aromatic rings. The van der Waals surface area contributed by atoms with Gasteiger partial charge < -0.3 is 10.1 Å². The molecule has 0 spiro atoms. The van der Waals surface area contributed by atoms with Gasteiger partial charge in [-0.15, -0.1) is 0 Å². The van der Waals surface area contributed by atoms with Crippen molar-refractivity contribution in [2.45, 2.75) is 18.7 Å². The maximum Gasteiger partial charge on any atom is 0.262 e. The van der Waals surface area contributed by atoms with Crippen LogP contribution in [0.4, 0.5) is 5.69 Å². The molecular weight excluding hydrogens is 350 g/mol. The summed E-state index contributed by atoms with van der Waals surface area (Å²) in [5, 5.41) is 3.23. The number of anilines is 1. The van der Waals surface area contributed by atoms with Gasteiger partial charge in [-0.1, -0.05) is 17.7 Å². The fourth-order valence-corrected chi connectivity index (χ4v) is 3.26. The van der Waals surface area contributed by atoms with E-state index in [1.165, 1.54) is 12.1 Å². The number of rotatable bonds is 5. The number of hydrogen-bond acceptors (Lipinski definition) is 4. The molecular formula is C17H18ClNO4S. The molecule has 2 rings (SSSR count). The van der Waals surface area contributed by atoms with Gasteiger partial charge in [0.2, 0.25) is 0 Å². The van der Waals surface area contributed by atoms with Crippen molar-refractivity contribution in [1.29, 1.82) is 0 Å². The average Bonchev–Trinajstić information content (AvgIpc) is 2.45. The predicted octanol–water partition coefficient (Wildman–Crippen LogP) is 3.38. The highest BCUT2D eigenvalue weighted by Gasteiger charge is 2.11. The summed E-state index contributed by atoms with van der Waals surface area (Å²) < 4.78 is 28.6. The van der Waals surface area contributed by atoms with Gasteiger partial charge in [-0.3, -0.25) is 4.79 Å². The standard InChI is InChI=1S/C17H18ClNO4S/c1-11-7-13(18)8-12(2)17(11)23-10-16(20)19-14-5-4-6-15(9-14)24(3,21)22/h4-9H,10H2,1-3H3,(H,19,20). The third-order valence-electron chi connectivity index (χ3n) is 3.32. The number of halogens is 1. The lowest BCUT2D eigenvalue weighted by Crippen LogP contribution is -2.20. The summed E-state index contributed by atoms with van der Waals surface area (Å²) in [6.45, 7) is 3.51. The zero-order chi connectivity index (χ0) is 17.9. The lowest BCUT2D eigenvalue weighted by molar-refractivity contribution is -0.118. The highest BCUT2D eigenvalue weighted by molar-refractivity contribution is 7.90. The lowest BCUT2D eigenvalue weighted by atomic mass is 10.1. The molecule has 0 saturated heterocycles. The van der Waals surface area contributed by atoms with E-state index in [9.17, 15) is 13.2 Å². The van der Waals surface area contributed by atoms with Crippen LogP contribution in [-0.2, 0) is 14.6 Å². The minimum atomic E-state index is -3.33. The van der Waals surface area contributed by atoms with Gasteiger partial charge in [-0.2, -0.15) is 0 Å². The molecule has 0 aliphatic carbocycles. The molecule has 0 heterocycles. The summed E-state index contributed by atoms with van der Waals surface area (Å²) in [7, 11) is -3.33. The average molecular weight is 368 g/mol. The monoisotopic (exact) mass is 367 g/mol. The van der Waals surface area contributed by atoms with Crippen LogP contribution in [0.2, 0.25) is 5.02 Å². The molecule has 0 fully saturated rings. The number of aryl methyl sites for hydroxylation is 2. The van der Waals surface area contributed by atoms with Crippen LogP contribution in [0.25, 0.3) is 0 Å². The van der Waals surface area contributed by atoms with Gasteiger partial charge in [-0.25, -0.2) is 8.42 Å². The van der Waals surface area contributed by atoms with Crippen LogP contribution in [0.1, 0.15) is 11.1 Å². The number of nitrogens with one attached hydrogen (secondary N) is 1. The molecule has 0 radical (unpaired) electrons. The second kappa shape index (κ2) is 7.23. The topological polar surface area (TPSA) is 72.5 Å². The molecule has 1 N–H and O–H groups in total. The zero-order valence-corrected chi connectivity index (χ0v) is 15.2. The molecule has 0 aliphatic heterocycles. The molecule has 0 aromatic heterocycles. The van der Waals surface area contributed by atoms with Crippen molar-refractivity contribution in [3.8, 4) is 5.75 Å². The van der Waals surface area contributed by atoms with Crippen LogP contribution >= 0.6 is 11.6 Å². The van der Waals surface area contributed by atoms with Gasteiger partial charge in [0.05, 0.1) is 4.90 Å². The van der Waals surface area contributed by atoms with Gasteiger partial charge in [0.15, 0.2) is 16.4 Å². The maximum absolute atomic E-state index is 12.0. The normalized spacial score (nSPS) is 11.2. The molecule has 0 saturated carbocycles. The van der Waals surface area contributed by atoms with Crippen molar-refractivity contribution in [1.82, 2.24) is 0 Å². The van der Waals surface area contributed by atoms with Gasteiger partial charge in [0.1, 0.15) is 5.75 Å². The Morgan fingerprint density at radius 1 is 1.17 bits per heavy atom. The van der Waals surface area contributed by atoms with E-state index < -0.39 is 9.84 Å². The highest BCUT2D eigenvalue weighted by Crippen LogP contribution is 2.27. The van der Waals surface area contributed by atoms with Crippen LogP contribution in [0.3, 0.4) is 0 Å². The van der Waals surface area contributed by atoms with Crippen LogP contribution in [0.15, 0.2) is 41.3 Å². The summed E-state index contributed by atoms with van der Waals surface area (Å²) in [6, 6.07) is 9.59. The lowest BCUT2D eigenvalue weighted by Gasteiger charge is -2.13. The second-order valence-corrected chi connectivity index (χ2v) is 7.96. The quantitative estimate of drug-likeness (QED) is 0.879. The van der Waals surface area contributed by atoms with Crippen LogP contribution < -0.4 is 10.1 Å². The molecule has 2 aromatic carbocycles. The summed E-state index contributed by atoms with van der Waals surface area (Å²) in [4.78, 5) is 12.2. The van der Waals surface area contributed by atoms with E-state index in [-0.39, 0.29) is 17.4 Å². The summed E-state index contributed by atoms with van der Waals surface area (Å²) in [5.74, 6) is 0.230. The SMILES string of the molecule is Cc1cc(Cl)cc(C)c1OCC(=O)Nc1cccc(S(C)(=O)=O)c1. The predicted molar refractivity (Wildman–Crippen MR) is 94.6 cm³/mol. The fourth-order valence-electron chi connectivity index (χ4n) is 2.26. The van der Waals surface area contributed by atoms with Crippen molar-refractivity contribution < 1.29 is 17.9 Å². The first-order valence-corrected chi connectivity index (χ1v) is 9.43. The molecule has 0 unspecified atom stereocenters. The van der Waals surface area contributed by atoms with Crippen molar-refractivity contribution in [2.24, 2.45) is 0 Å². The van der Waals surface area contributed by atoms with Crippen molar-refractivity contribution in [3.05, 3.63) is 52.5 Å². The summed E-state index contributed by atoms with van der Waals surface area (Å²) >= 11 is 5.96. The van der Waals surface area contributed by atoms with Crippen molar-refractivity contribution in [3.63, 3.8) is 0 Å². The van der Waals surface area contributed by atoms with E-state index in [0.29, 0.717) is 16.5 Å². The minimum absolute atomic E-state index is 0.144. The summed E-state index contributed by atoms with van der Waals surface area (Å²) in [5.41, 5.74) is 2.08. The van der Waals surface area contributed by atoms with Gasteiger partial charge in [-0.05, 0) is 55.3 Å². The number of amides is 1. The maximum atomic E-state index is 12.0. The largest absolute Gasteiger partial charge is 0.483 e. The number of hydrogen-bond donors (Lipinski definition) is 1. The van der Waals surface area contributed by atoms with Gasteiger partial charge in [0, 0.05) is 17.0 Å². The molecule has 0 bridgehead atoms. The first-order chi connectivity index (χ1) is 11.2. The first kappa shape index (κ1) is 18.3. The van der Waals surface area contributed by atoms with E-state index in [4.69, 9.17) is 16.3 Å². The van der Waals surface area contributed by atoms with Crippen molar-refractivity contribution >= 4 is 33.0 Å². The Bertz CT molecular complexity index is 855. The number of sulfone groups is 1. The third kappa shape index (κ3) is 4.72. The van der Waals surface area contributed by atoms with Crippen LogP contribution in [0.5, 0.6) is 5.75 Å². The number of carbonyl (C=O) groups is 1. The molecule has 128 valence electrons. The smallest absolute Gasteiger partial charge is 0.262 e. The molecule has 0 aliphatic rings. The van der Waals surface area contributed by atoms with Gasteiger partial charge in [0.25, 0.3) is 5.91 Å². The Morgan fingerprint density at radius 3 is 2.38 bits per heavy atom. The van der Waals surface area contributed by atoms with E-state index in [2.05, 4.69) is 5.32 Å². The third-order valence-corrected chi connectivity index (χ3v) is 4.65. The first-order valence-electron chi connectivity index (χ1n) is 7.16. The fraction of sp³-hybridized carbons (Fsp3) is 0.235. The van der Waals surface area contributed by atoms with Crippen LogP contribution in [0, 0.1) is 13.8 Å². The van der Waals surface area contributed by atoms with E-state index in [1.54, 1.807) is 24.3 Å². The Morgan fingerprint density at radius 2 is 1.79 bits per heavy atom. The Labute approximate surface area is 146 Å². The second-order valence-electron chi connectivity index (χ2n) is 5.51. The minimum Gasteiger partial charge on any atom is -0.483 e. The summed E-state index contributed by atoms with van der Waals surface area (Å²) in [6.07, 6.45) is 1.11.